The van der Waals surface area contributed by atoms with Crippen molar-refractivity contribution in [1.82, 2.24) is 9.88 Å². The number of fused-ring (bicyclic) bond motifs is 12. The van der Waals surface area contributed by atoms with Gasteiger partial charge in [-0.25, -0.2) is 9.98 Å². The lowest BCUT2D eigenvalue weighted by atomic mass is 9.94. The van der Waals surface area contributed by atoms with Gasteiger partial charge in [-0.2, -0.15) is 0 Å². The average molecular weight is 717 g/mol. The molecule has 12 rings (SSSR count). The standard InChI is InChI=1S/C51H32N4O/c1-3-14-31(15-4-1)49-52-50(32-16-5-2-6-17-32)54-51(53-49)40-23-13-25-46-48(40)43-29-45-42(30-47(43)56-46)39-22-11-12-24-44(39)55(45)33-26-27-38-36-20-8-7-18-34(36)35-19-9-10-21-37(35)41(38)28-33/h1-30,49H,(H,52,53,54). The molecule has 262 valence electrons. The van der Waals surface area contributed by atoms with Gasteiger partial charge in [-0.3, -0.25) is 0 Å². The second kappa shape index (κ2) is 12.0. The van der Waals surface area contributed by atoms with Gasteiger partial charge >= 0.3 is 0 Å². The first-order chi connectivity index (χ1) is 27.8. The summed E-state index contributed by atoms with van der Waals surface area (Å²) in [5.74, 6) is 1.45. The van der Waals surface area contributed by atoms with E-state index in [1.165, 1.54) is 37.7 Å². The van der Waals surface area contributed by atoms with Gasteiger partial charge in [-0.1, -0.05) is 146 Å². The van der Waals surface area contributed by atoms with Crippen molar-refractivity contribution in [3.63, 3.8) is 0 Å². The lowest BCUT2D eigenvalue weighted by molar-refractivity contribution is 0.668. The smallest absolute Gasteiger partial charge is 0.159 e. The number of hydrogen-bond acceptors (Lipinski definition) is 4. The molecule has 1 aliphatic heterocycles. The number of furan rings is 1. The summed E-state index contributed by atoms with van der Waals surface area (Å²) < 4.78 is 9.12. The minimum absolute atomic E-state index is 0.303. The third-order valence-corrected chi connectivity index (χ3v) is 11.4. The minimum atomic E-state index is -0.303. The van der Waals surface area contributed by atoms with Crippen LogP contribution in [-0.2, 0) is 0 Å². The van der Waals surface area contributed by atoms with Crippen LogP contribution in [-0.4, -0.2) is 16.2 Å². The number of aliphatic imine (C=N–C) groups is 2. The van der Waals surface area contributed by atoms with E-state index in [2.05, 4.69) is 162 Å². The maximum atomic E-state index is 6.70. The highest BCUT2D eigenvalue weighted by atomic mass is 16.3. The fourth-order valence-electron chi connectivity index (χ4n) is 8.91. The highest BCUT2D eigenvalue weighted by Gasteiger charge is 2.25. The maximum absolute atomic E-state index is 6.70. The molecule has 0 aliphatic carbocycles. The molecule has 9 aromatic carbocycles. The first-order valence-corrected chi connectivity index (χ1v) is 19.0. The summed E-state index contributed by atoms with van der Waals surface area (Å²) in [6.07, 6.45) is -0.303. The zero-order valence-corrected chi connectivity index (χ0v) is 30.1. The fourth-order valence-corrected chi connectivity index (χ4v) is 8.91. The second-order valence-electron chi connectivity index (χ2n) is 14.6. The molecule has 1 aliphatic rings. The van der Waals surface area contributed by atoms with E-state index in [1.54, 1.807) is 0 Å². The summed E-state index contributed by atoms with van der Waals surface area (Å²) in [5, 5.41) is 15.6. The van der Waals surface area contributed by atoms with Gasteiger partial charge in [0.05, 0.1) is 11.0 Å². The van der Waals surface area contributed by atoms with Crippen LogP contribution in [0, 0.1) is 0 Å². The van der Waals surface area contributed by atoms with E-state index >= 15 is 0 Å². The van der Waals surface area contributed by atoms with E-state index in [4.69, 9.17) is 14.4 Å². The third kappa shape index (κ3) is 4.61. The molecule has 1 N–H and O–H groups in total. The maximum Gasteiger partial charge on any atom is 0.159 e. The van der Waals surface area contributed by atoms with Gasteiger partial charge < -0.3 is 14.3 Å². The van der Waals surface area contributed by atoms with Crippen LogP contribution in [0.3, 0.4) is 0 Å². The number of hydrogen-bond donors (Lipinski definition) is 1. The molecular weight excluding hydrogens is 685 g/mol. The van der Waals surface area contributed by atoms with Crippen molar-refractivity contribution < 1.29 is 4.42 Å². The van der Waals surface area contributed by atoms with Gasteiger partial charge in [0.1, 0.15) is 23.2 Å². The molecule has 1 atom stereocenters. The van der Waals surface area contributed by atoms with Crippen molar-refractivity contribution in [1.29, 1.82) is 0 Å². The summed E-state index contributed by atoms with van der Waals surface area (Å²) in [5.41, 5.74) is 8.05. The zero-order valence-electron chi connectivity index (χ0n) is 30.1. The molecule has 0 amide bonds. The highest BCUT2D eigenvalue weighted by molar-refractivity contribution is 6.27. The topological polar surface area (TPSA) is 54.8 Å². The van der Waals surface area contributed by atoms with Crippen molar-refractivity contribution >= 4 is 87.7 Å². The Morgan fingerprint density at radius 3 is 1.86 bits per heavy atom. The van der Waals surface area contributed by atoms with Crippen molar-refractivity contribution in [3.05, 3.63) is 199 Å². The van der Waals surface area contributed by atoms with Crippen molar-refractivity contribution in [2.24, 2.45) is 9.98 Å². The Labute approximate surface area is 321 Å². The van der Waals surface area contributed by atoms with Gasteiger partial charge in [0, 0.05) is 38.4 Å². The first-order valence-electron chi connectivity index (χ1n) is 19.0. The average Bonchev–Trinajstić information content (AvgIpc) is 3.80. The monoisotopic (exact) mass is 716 g/mol. The largest absolute Gasteiger partial charge is 0.456 e. The lowest BCUT2D eigenvalue weighted by Crippen LogP contribution is -2.33. The summed E-state index contributed by atoms with van der Waals surface area (Å²) in [7, 11) is 0. The summed E-state index contributed by atoms with van der Waals surface area (Å²) >= 11 is 0. The van der Waals surface area contributed by atoms with Crippen LogP contribution in [0.1, 0.15) is 22.9 Å². The Hall–Kier alpha value is -7.50. The molecular formula is C51H32N4O. The summed E-state index contributed by atoms with van der Waals surface area (Å²) in [6, 6.07) is 64.5. The van der Waals surface area contributed by atoms with Gasteiger partial charge in [0.25, 0.3) is 0 Å². The van der Waals surface area contributed by atoms with Gasteiger partial charge in [-0.15, -0.1) is 0 Å². The first kappa shape index (κ1) is 30.9. The zero-order chi connectivity index (χ0) is 36.7. The highest BCUT2D eigenvalue weighted by Crippen LogP contribution is 2.41. The Morgan fingerprint density at radius 1 is 0.464 bits per heavy atom. The Kier molecular flexibility index (Phi) is 6.63. The van der Waals surface area contributed by atoms with E-state index in [0.717, 1.165) is 66.6 Å². The SMILES string of the molecule is c1ccc(C2=NC(c3ccccc3)NC(c3cccc4oc5cc6c7ccccc7n(-c7ccc8c9ccccc9c9ccccc9c8c7)c6cc5c34)=N2)cc1. The Bertz CT molecular complexity index is 3410. The van der Waals surface area contributed by atoms with Crippen molar-refractivity contribution in [2.75, 3.05) is 0 Å². The number of nitrogens with one attached hydrogen (secondary N) is 1. The van der Waals surface area contributed by atoms with E-state index < -0.39 is 0 Å². The number of nitrogens with zero attached hydrogens (tertiary/aromatic N) is 3. The number of rotatable bonds is 4. The van der Waals surface area contributed by atoms with E-state index in [0.29, 0.717) is 5.84 Å². The van der Waals surface area contributed by atoms with Crippen molar-refractivity contribution in [3.8, 4) is 5.69 Å². The van der Waals surface area contributed by atoms with Crippen molar-refractivity contribution in [2.45, 2.75) is 6.17 Å². The molecule has 0 saturated carbocycles. The molecule has 56 heavy (non-hydrogen) atoms. The molecule has 0 saturated heterocycles. The molecule has 0 bridgehead atoms. The van der Waals surface area contributed by atoms with Crippen LogP contribution >= 0.6 is 0 Å². The molecule has 1 unspecified atom stereocenters. The number of para-hydroxylation sites is 1. The van der Waals surface area contributed by atoms with E-state index in [9.17, 15) is 0 Å². The Morgan fingerprint density at radius 2 is 1.11 bits per heavy atom. The van der Waals surface area contributed by atoms with Gasteiger partial charge in [0.2, 0.25) is 0 Å². The van der Waals surface area contributed by atoms with E-state index in [-0.39, 0.29) is 6.17 Å². The molecule has 0 fully saturated rings. The number of benzene rings is 9. The lowest BCUT2D eigenvalue weighted by Gasteiger charge is -2.24. The molecule has 2 aromatic heterocycles. The van der Waals surface area contributed by atoms with Gasteiger partial charge in [0.15, 0.2) is 5.84 Å². The summed E-state index contributed by atoms with van der Waals surface area (Å²) in [6.45, 7) is 0. The van der Waals surface area contributed by atoms with Crippen LogP contribution in [0.4, 0.5) is 0 Å². The van der Waals surface area contributed by atoms with Crippen LogP contribution in [0.5, 0.6) is 0 Å². The summed E-state index contributed by atoms with van der Waals surface area (Å²) in [4.78, 5) is 10.3. The Balaban J connectivity index is 1.11. The third-order valence-electron chi connectivity index (χ3n) is 11.4. The molecule has 0 spiro atoms. The molecule has 3 heterocycles. The second-order valence-corrected chi connectivity index (χ2v) is 14.6. The fraction of sp³-hybridized carbons (Fsp3) is 0.0196. The van der Waals surface area contributed by atoms with Crippen LogP contribution in [0.25, 0.3) is 81.7 Å². The van der Waals surface area contributed by atoms with Crippen LogP contribution in [0.2, 0.25) is 0 Å². The predicted molar refractivity (Wildman–Crippen MR) is 232 cm³/mol. The predicted octanol–water partition coefficient (Wildman–Crippen LogP) is 12.6. The van der Waals surface area contributed by atoms with Crippen LogP contribution in [0.15, 0.2) is 196 Å². The van der Waals surface area contributed by atoms with Crippen LogP contribution < -0.4 is 5.32 Å². The molecule has 5 heteroatoms. The minimum Gasteiger partial charge on any atom is -0.456 e. The number of amidine groups is 2. The molecule has 0 radical (unpaired) electrons. The van der Waals surface area contributed by atoms with E-state index in [1.807, 2.05) is 30.3 Å². The number of aromatic nitrogens is 1. The molecule has 5 nitrogen and oxygen atoms in total. The quantitative estimate of drug-likeness (QED) is 0.184. The van der Waals surface area contributed by atoms with Gasteiger partial charge in [-0.05, 0) is 74.3 Å². The molecule has 11 aromatic rings. The normalized spacial score (nSPS) is 14.6.